The van der Waals surface area contributed by atoms with Gasteiger partial charge in [-0.05, 0) is 62.7 Å². The first-order valence-corrected chi connectivity index (χ1v) is 9.42. The topological polar surface area (TPSA) is 75.1 Å². The Kier molecular flexibility index (Phi) is 5.96. The van der Waals surface area contributed by atoms with Crippen LogP contribution in [0.15, 0.2) is 48.5 Å². The van der Waals surface area contributed by atoms with Gasteiger partial charge in [0, 0.05) is 22.7 Å². The molecule has 0 saturated carbocycles. The summed E-state index contributed by atoms with van der Waals surface area (Å²) in [6, 6.07) is 13.2. The quantitative estimate of drug-likeness (QED) is 0.649. The largest absolute Gasteiger partial charge is 0.389 e. The maximum Gasteiger partial charge on any atom is 0.270 e. The Morgan fingerprint density at radius 1 is 1.10 bits per heavy atom. The second-order valence-electron chi connectivity index (χ2n) is 7.43. The highest BCUT2D eigenvalue weighted by Crippen LogP contribution is 2.25. The molecule has 150 valence electrons. The molecule has 0 aliphatic rings. The Morgan fingerprint density at radius 3 is 2.38 bits per heavy atom. The second kappa shape index (κ2) is 8.27. The van der Waals surface area contributed by atoms with E-state index in [0.717, 1.165) is 5.56 Å². The molecule has 1 amide bonds. The van der Waals surface area contributed by atoms with E-state index in [1.807, 2.05) is 0 Å². The summed E-state index contributed by atoms with van der Waals surface area (Å²) in [6.07, 6.45) is 0. The molecule has 0 atom stereocenters. The Hall–Kier alpha value is -2.83. The van der Waals surface area contributed by atoms with E-state index in [2.05, 4.69) is 15.3 Å². The van der Waals surface area contributed by atoms with Crippen LogP contribution in [0.2, 0.25) is 5.02 Å². The van der Waals surface area contributed by atoms with Crippen molar-refractivity contribution in [2.45, 2.75) is 26.4 Å². The first-order chi connectivity index (χ1) is 13.6. The zero-order chi connectivity index (χ0) is 21.2. The Morgan fingerprint density at radius 2 is 1.76 bits per heavy atom. The number of carbonyl (C=O) groups excluding carboxylic acids is 1. The number of hydrogen-bond donors (Lipinski definition) is 2. The first-order valence-electron chi connectivity index (χ1n) is 9.04. The summed E-state index contributed by atoms with van der Waals surface area (Å²) in [4.78, 5) is 21.6. The van der Waals surface area contributed by atoms with Crippen LogP contribution in [0.1, 0.15) is 29.9 Å². The van der Waals surface area contributed by atoms with Gasteiger partial charge in [-0.3, -0.25) is 4.79 Å². The highest BCUT2D eigenvalue weighted by molar-refractivity contribution is 6.30. The van der Waals surface area contributed by atoms with Gasteiger partial charge in [-0.25, -0.2) is 14.4 Å². The third-order valence-corrected chi connectivity index (χ3v) is 4.45. The van der Waals surface area contributed by atoms with E-state index in [0.29, 0.717) is 27.7 Å². The van der Waals surface area contributed by atoms with Gasteiger partial charge in [0.25, 0.3) is 5.91 Å². The molecular formula is C22H21ClFN3O2. The van der Waals surface area contributed by atoms with Crippen LogP contribution in [0.5, 0.6) is 0 Å². The van der Waals surface area contributed by atoms with E-state index in [9.17, 15) is 14.3 Å². The summed E-state index contributed by atoms with van der Waals surface area (Å²) in [5.74, 6) is -0.468. The van der Waals surface area contributed by atoms with Crippen molar-refractivity contribution in [3.63, 3.8) is 0 Å². The van der Waals surface area contributed by atoms with Crippen molar-refractivity contribution < 1.29 is 14.3 Å². The van der Waals surface area contributed by atoms with Crippen molar-refractivity contribution in [1.29, 1.82) is 0 Å². The molecule has 0 spiro atoms. The molecule has 1 heterocycles. The molecule has 1 aromatic heterocycles. The maximum atomic E-state index is 13.7. The smallest absolute Gasteiger partial charge is 0.270 e. The van der Waals surface area contributed by atoms with Gasteiger partial charge < -0.3 is 10.4 Å². The van der Waals surface area contributed by atoms with Crippen molar-refractivity contribution in [2.75, 3.05) is 6.54 Å². The SMILES string of the molecule is Cc1cc(-c2nc(C(=O)NCC(C)(C)O)cc(-c3ccc(Cl)cc3)n2)ccc1F. The molecule has 0 radical (unpaired) electrons. The molecule has 2 N–H and O–H groups in total. The molecule has 7 heteroatoms. The van der Waals surface area contributed by atoms with E-state index in [-0.39, 0.29) is 18.1 Å². The van der Waals surface area contributed by atoms with E-state index in [1.54, 1.807) is 63.2 Å². The molecule has 0 saturated heterocycles. The Labute approximate surface area is 173 Å². The molecule has 0 bridgehead atoms. The Bertz CT molecular complexity index is 1050. The molecule has 0 aliphatic carbocycles. The lowest BCUT2D eigenvalue weighted by Crippen LogP contribution is -2.38. The summed E-state index contributed by atoms with van der Waals surface area (Å²) in [6.45, 7) is 4.91. The number of carbonyl (C=O) groups is 1. The minimum Gasteiger partial charge on any atom is -0.389 e. The lowest BCUT2D eigenvalue weighted by atomic mass is 10.1. The minimum atomic E-state index is -1.06. The van der Waals surface area contributed by atoms with Crippen molar-refractivity contribution in [3.05, 3.63) is 70.6 Å². The molecule has 29 heavy (non-hydrogen) atoms. The van der Waals surface area contributed by atoms with Crippen molar-refractivity contribution in [1.82, 2.24) is 15.3 Å². The van der Waals surface area contributed by atoms with E-state index < -0.39 is 11.5 Å². The molecule has 5 nitrogen and oxygen atoms in total. The fourth-order valence-electron chi connectivity index (χ4n) is 2.63. The summed E-state index contributed by atoms with van der Waals surface area (Å²) in [7, 11) is 0. The lowest BCUT2D eigenvalue weighted by molar-refractivity contribution is 0.0692. The molecule has 3 rings (SSSR count). The predicted octanol–water partition coefficient (Wildman–Crippen LogP) is 4.41. The van der Waals surface area contributed by atoms with Gasteiger partial charge in [-0.2, -0.15) is 0 Å². The van der Waals surface area contributed by atoms with Crippen LogP contribution in [0, 0.1) is 12.7 Å². The third-order valence-electron chi connectivity index (χ3n) is 4.20. The average molecular weight is 414 g/mol. The number of aromatic nitrogens is 2. The van der Waals surface area contributed by atoms with Gasteiger partial charge in [0.1, 0.15) is 11.5 Å². The van der Waals surface area contributed by atoms with Crippen LogP contribution in [0.3, 0.4) is 0 Å². The molecule has 2 aromatic carbocycles. The monoisotopic (exact) mass is 413 g/mol. The standard InChI is InChI=1S/C22H21ClFN3O2/c1-13-10-15(6-9-17(13)24)20-26-18(14-4-7-16(23)8-5-14)11-19(27-20)21(28)25-12-22(2,3)29/h4-11,29H,12H2,1-3H3,(H,25,28). The lowest BCUT2D eigenvalue weighted by Gasteiger charge is -2.17. The summed E-state index contributed by atoms with van der Waals surface area (Å²) in [5, 5.41) is 13.1. The molecule has 0 fully saturated rings. The van der Waals surface area contributed by atoms with Crippen LogP contribution in [-0.4, -0.2) is 33.1 Å². The van der Waals surface area contributed by atoms with E-state index >= 15 is 0 Å². The van der Waals surface area contributed by atoms with Gasteiger partial charge in [0.05, 0.1) is 11.3 Å². The first kappa shape index (κ1) is 20.9. The van der Waals surface area contributed by atoms with Gasteiger partial charge in [0.15, 0.2) is 5.82 Å². The van der Waals surface area contributed by atoms with Gasteiger partial charge >= 0.3 is 0 Å². The number of aliphatic hydroxyl groups is 1. The van der Waals surface area contributed by atoms with Crippen LogP contribution in [0.25, 0.3) is 22.6 Å². The highest BCUT2D eigenvalue weighted by atomic mass is 35.5. The zero-order valence-electron chi connectivity index (χ0n) is 16.3. The number of aryl methyl sites for hydroxylation is 1. The molecule has 3 aromatic rings. The van der Waals surface area contributed by atoms with Crippen LogP contribution in [0.4, 0.5) is 4.39 Å². The maximum absolute atomic E-state index is 13.7. The number of hydrogen-bond acceptors (Lipinski definition) is 4. The number of nitrogens with one attached hydrogen (secondary N) is 1. The number of benzene rings is 2. The van der Waals surface area contributed by atoms with Gasteiger partial charge in [-0.15, -0.1) is 0 Å². The number of halogens is 2. The zero-order valence-corrected chi connectivity index (χ0v) is 17.1. The fraction of sp³-hybridized carbons (Fsp3) is 0.227. The van der Waals surface area contributed by atoms with Crippen LogP contribution in [-0.2, 0) is 0 Å². The number of rotatable bonds is 5. The fourth-order valence-corrected chi connectivity index (χ4v) is 2.76. The number of nitrogens with zero attached hydrogens (tertiary/aromatic N) is 2. The average Bonchev–Trinajstić information content (AvgIpc) is 2.68. The molecular weight excluding hydrogens is 393 g/mol. The summed E-state index contributed by atoms with van der Waals surface area (Å²) >= 11 is 5.97. The summed E-state index contributed by atoms with van der Waals surface area (Å²) in [5.41, 5.74) is 1.42. The Balaban J connectivity index is 2.07. The summed E-state index contributed by atoms with van der Waals surface area (Å²) < 4.78 is 13.7. The van der Waals surface area contributed by atoms with Gasteiger partial charge in [-0.1, -0.05) is 23.7 Å². The van der Waals surface area contributed by atoms with E-state index in [1.165, 1.54) is 6.07 Å². The van der Waals surface area contributed by atoms with Crippen molar-refractivity contribution in [3.8, 4) is 22.6 Å². The van der Waals surface area contributed by atoms with Crippen LogP contribution < -0.4 is 5.32 Å². The van der Waals surface area contributed by atoms with Crippen molar-refractivity contribution in [2.24, 2.45) is 0 Å². The third kappa shape index (κ3) is 5.37. The number of amides is 1. The van der Waals surface area contributed by atoms with Crippen LogP contribution >= 0.6 is 11.6 Å². The van der Waals surface area contributed by atoms with Crippen molar-refractivity contribution >= 4 is 17.5 Å². The predicted molar refractivity (Wildman–Crippen MR) is 111 cm³/mol. The normalized spacial score (nSPS) is 11.4. The minimum absolute atomic E-state index is 0.0666. The second-order valence-corrected chi connectivity index (χ2v) is 7.86. The molecule has 0 unspecified atom stereocenters. The highest BCUT2D eigenvalue weighted by Gasteiger charge is 2.18. The van der Waals surface area contributed by atoms with E-state index in [4.69, 9.17) is 11.6 Å². The van der Waals surface area contributed by atoms with Gasteiger partial charge in [0.2, 0.25) is 0 Å². The molecule has 0 aliphatic heterocycles.